The Kier molecular flexibility index (Phi) is 3.43. The molecule has 0 aliphatic carbocycles. The Morgan fingerprint density at radius 3 is 2.71 bits per heavy atom. The second-order valence-corrected chi connectivity index (χ2v) is 5.01. The van der Waals surface area contributed by atoms with Crippen LogP contribution < -0.4 is 5.73 Å². The van der Waals surface area contributed by atoms with Crippen LogP contribution in [0.1, 0.15) is 25.7 Å². The molecule has 108 valence electrons. The van der Waals surface area contributed by atoms with Gasteiger partial charge in [0.2, 0.25) is 0 Å². The minimum Gasteiger partial charge on any atom is -0.326 e. The highest BCUT2D eigenvalue weighted by molar-refractivity contribution is 5.92. The first-order chi connectivity index (χ1) is 10.1. The number of halogens is 1. The maximum Gasteiger partial charge on any atom is 0.134 e. The molecule has 0 aliphatic heterocycles. The zero-order valence-corrected chi connectivity index (χ0v) is 12.0. The third-order valence-corrected chi connectivity index (χ3v) is 3.53. The van der Waals surface area contributed by atoms with E-state index in [9.17, 15) is 4.39 Å². The molecule has 5 heteroatoms. The van der Waals surface area contributed by atoms with Crippen LogP contribution >= 0.6 is 0 Å². The number of aromatic nitrogens is 3. The maximum absolute atomic E-state index is 14.4. The molecule has 1 aromatic carbocycles. The predicted octanol–water partition coefficient (Wildman–Crippen LogP) is 3.28. The summed E-state index contributed by atoms with van der Waals surface area (Å²) < 4.78 is 16.4. The molecular formula is C16H17FN4. The summed E-state index contributed by atoms with van der Waals surface area (Å²) in [5, 5.41) is 0. The fourth-order valence-corrected chi connectivity index (χ4v) is 2.64. The lowest BCUT2D eigenvalue weighted by Crippen LogP contribution is -2.13. The Labute approximate surface area is 122 Å². The number of fused-ring (bicyclic) bond motifs is 1. The smallest absolute Gasteiger partial charge is 0.134 e. The number of aryl methyl sites for hydroxylation is 1. The van der Waals surface area contributed by atoms with Crippen LogP contribution in [0.15, 0.2) is 36.5 Å². The number of hydrogen-bond donors (Lipinski definition) is 1. The van der Waals surface area contributed by atoms with Gasteiger partial charge >= 0.3 is 0 Å². The Bertz CT molecular complexity index is 778. The van der Waals surface area contributed by atoms with E-state index in [0.717, 1.165) is 16.9 Å². The molecule has 0 saturated carbocycles. The molecule has 2 heterocycles. The van der Waals surface area contributed by atoms with E-state index in [-0.39, 0.29) is 11.9 Å². The summed E-state index contributed by atoms with van der Waals surface area (Å²) in [6.07, 6.45) is 1.66. The summed E-state index contributed by atoms with van der Waals surface area (Å²) in [7, 11) is 0. The largest absolute Gasteiger partial charge is 0.326 e. The fraction of sp³-hybridized carbons (Fsp3) is 0.250. The highest BCUT2D eigenvalue weighted by Crippen LogP contribution is 2.31. The fourth-order valence-electron chi connectivity index (χ4n) is 2.64. The van der Waals surface area contributed by atoms with Gasteiger partial charge in [0.05, 0.1) is 28.3 Å². The van der Waals surface area contributed by atoms with Crippen molar-refractivity contribution in [2.75, 3.05) is 0 Å². The highest BCUT2D eigenvalue weighted by Gasteiger charge is 2.19. The Balaban J connectivity index is 2.40. The predicted molar refractivity (Wildman–Crippen MR) is 81.2 cm³/mol. The molecule has 3 rings (SSSR count). The first-order valence-corrected chi connectivity index (χ1v) is 6.99. The lowest BCUT2D eigenvalue weighted by molar-refractivity contribution is 0.627. The third kappa shape index (κ3) is 2.19. The Morgan fingerprint density at radius 2 is 2.10 bits per heavy atom. The first-order valence-electron chi connectivity index (χ1n) is 6.99. The molecule has 0 saturated heterocycles. The van der Waals surface area contributed by atoms with E-state index < -0.39 is 0 Å². The number of rotatable bonds is 3. The minimum atomic E-state index is -0.299. The molecule has 0 fully saturated rings. The molecule has 4 nitrogen and oxygen atoms in total. The van der Waals surface area contributed by atoms with Crippen molar-refractivity contribution < 1.29 is 4.39 Å². The van der Waals surface area contributed by atoms with Crippen molar-refractivity contribution in [1.29, 1.82) is 0 Å². The normalized spacial score (nSPS) is 12.8. The van der Waals surface area contributed by atoms with Gasteiger partial charge < -0.3 is 10.3 Å². The molecule has 2 aromatic heterocycles. The van der Waals surface area contributed by atoms with Gasteiger partial charge in [0, 0.05) is 12.7 Å². The lowest BCUT2D eigenvalue weighted by Gasteiger charge is -2.11. The van der Waals surface area contributed by atoms with Gasteiger partial charge in [0.15, 0.2) is 0 Å². The monoisotopic (exact) mass is 284 g/mol. The van der Waals surface area contributed by atoms with E-state index >= 15 is 0 Å². The molecular weight excluding hydrogens is 267 g/mol. The summed E-state index contributed by atoms with van der Waals surface area (Å²) in [6.45, 7) is 4.56. The van der Waals surface area contributed by atoms with Crippen LogP contribution in [0.4, 0.5) is 4.39 Å². The van der Waals surface area contributed by atoms with Crippen LogP contribution in [0.2, 0.25) is 0 Å². The number of benzene rings is 1. The third-order valence-electron chi connectivity index (χ3n) is 3.53. The van der Waals surface area contributed by atoms with Gasteiger partial charge in [0.25, 0.3) is 0 Å². The van der Waals surface area contributed by atoms with Crippen LogP contribution in [0.5, 0.6) is 0 Å². The summed E-state index contributed by atoms with van der Waals surface area (Å²) in [4.78, 5) is 8.83. The van der Waals surface area contributed by atoms with E-state index in [1.165, 1.54) is 6.07 Å². The van der Waals surface area contributed by atoms with Crippen LogP contribution in [0.25, 0.3) is 22.3 Å². The maximum atomic E-state index is 14.4. The minimum absolute atomic E-state index is 0.211. The summed E-state index contributed by atoms with van der Waals surface area (Å²) in [5.41, 5.74) is 8.57. The SMILES string of the molecule is CCn1c(C(C)N)nc2ccc(F)c(-c3ccccn3)c21. The van der Waals surface area contributed by atoms with Gasteiger partial charge in [-0.3, -0.25) is 4.98 Å². The average Bonchev–Trinajstić information content (AvgIpc) is 2.87. The molecule has 1 unspecified atom stereocenters. The van der Waals surface area contributed by atoms with Crippen molar-refractivity contribution in [3.8, 4) is 11.3 Å². The lowest BCUT2D eigenvalue weighted by atomic mass is 10.1. The summed E-state index contributed by atoms with van der Waals surface area (Å²) in [6, 6.07) is 8.37. The first kappa shape index (κ1) is 13.7. The van der Waals surface area contributed by atoms with Crippen LogP contribution in [0, 0.1) is 5.82 Å². The van der Waals surface area contributed by atoms with Gasteiger partial charge in [-0.05, 0) is 38.1 Å². The molecule has 3 aromatic rings. The number of nitrogens with two attached hydrogens (primary N) is 1. The summed E-state index contributed by atoms with van der Waals surface area (Å²) in [5.74, 6) is 0.460. The van der Waals surface area contributed by atoms with Gasteiger partial charge in [-0.15, -0.1) is 0 Å². The molecule has 0 bridgehead atoms. The molecule has 0 spiro atoms. The Hall–Kier alpha value is -2.27. The molecule has 0 amide bonds. The van der Waals surface area contributed by atoms with Gasteiger partial charge in [-0.1, -0.05) is 6.07 Å². The van der Waals surface area contributed by atoms with E-state index in [2.05, 4.69) is 9.97 Å². The number of imidazole rings is 1. The van der Waals surface area contributed by atoms with Gasteiger partial charge in [-0.2, -0.15) is 0 Å². The van der Waals surface area contributed by atoms with E-state index in [4.69, 9.17) is 5.73 Å². The quantitative estimate of drug-likeness (QED) is 0.803. The van der Waals surface area contributed by atoms with Gasteiger partial charge in [-0.25, -0.2) is 9.37 Å². The number of hydrogen-bond acceptors (Lipinski definition) is 3. The van der Waals surface area contributed by atoms with Crippen LogP contribution in [-0.4, -0.2) is 14.5 Å². The Morgan fingerprint density at radius 1 is 1.29 bits per heavy atom. The van der Waals surface area contributed by atoms with E-state index in [1.807, 2.05) is 30.5 Å². The molecule has 1 atom stereocenters. The van der Waals surface area contributed by atoms with Crippen LogP contribution in [0.3, 0.4) is 0 Å². The zero-order chi connectivity index (χ0) is 15.0. The molecule has 0 radical (unpaired) electrons. The van der Waals surface area contributed by atoms with Crippen molar-refractivity contribution in [2.45, 2.75) is 26.4 Å². The topological polar surface area (TPSA) is 56.7 Å². The van der Waals surface area contributed by atoms with Crippen molar-refractivity contribution in [1.82, 2.24) is 14.5 Å². The number of nitrogens with zero attached hydrogens (tertiary/aromatic N) is 3. The zero-order valence-electron chi connectivity index (χ0n) is 12.0. The van der Waals surface area contributed by atoms with E-state index in [1.54, 1.807) is 18.3 Å². The van der Waals surface area contributed by atoms with Crippen molar-refractivity contribution >= 4 is 11.0 Å². The second-order valence-electron chi connectivity index (χ2n) is 5.01. The standard InChI is InChI=1S/C16H17FN4/c1-3-21-15-13(20-16(21)10(2)18)8-7-11(17)14(15)12-6-4-5-9-19-12/h4-10H,3,18H2,1-2H3. The second kappa shape index (κ2) is 5.26. The van der Waals surface area contributed by atoms with Crippen molar-refractivity contribution in [2.24, 2.45) is 5.73 Å². The number of pyridine rings is 1. The molecule has 2 N–H and O–H groups in total. The van der Waals surface area contributed by atoms with Crippen LogP contribution in [-0.2, 0) is 6.54 Å². The summed E-state index contributed by atoms with van der Waals surface area (Å²) >= 11 is 0. The van der Waals surface area contributed by atoms with E-state index in [0.29, 0.717) is 17.8 Å². The average molecular weight is 284 g/mol. The van der Waals surface area contributed by atoms with Gasteiger partial charge in [0.1, 0.15) is 11.6 Å². The molecule has 0 aliphatic rings. The highest BCUT2D eigenvalue weighted by atomic mass is 19.1. The molecule has 21 heavy (non-hydrogen) atoms. The van der Waals surface area contributed by atoms with Crippen molar-refractivity contribution in [3.63, 3.8) is 0 Å². The van der Waals surface area contributed by atoms with Crippen molar-refractivity contribution in [3.05, 3.63) is 48.2 Å².